The van der Waals surface area contributed by atoms with E-state index in [1.807, 2.05) is 6.08 Å². The molecule has 0 spiro atoms. The lowest BCUT2D eigenvalue weighted by molar-refractivity contribution is 0.441. The zero-order valence-electron chi connectivity index (χ0n) is 9.50. The molecule has 76 valence electrons. The van der Waals surface area contributed by atoms with Gasteiger partial charge in [-0.3, -0.25) is 0 Å². The molecule has 1 aromatic rings. The highest BCUT2D eigenvalue weighted by molar-refractivity contribution is 6.70. The van der Waals surface area contributed by atoms with Gasteiger partial charge in [-0.2, -0.15) is 0 Å². The van der Waals surface area contributed by atoms with E-state index in [9.17, 15) is 0 Å². The molecule has 0 fully saturated rings. The summed E-state index contributed by atoms with van der Waals surface area (Å²) >= 11 is 0. The quantitative estimate of drug-likeness (QED) is 0.630. The predicted molar refractivity (Wildman–Crippen MR) is 67.0 cm³/mol. The van der Waals surface area contributed by atoms with Gasteiger partial charge in [0.2, 0.25) is 0 Å². The number of fused-ring (bicyclic) bond motifs is 1. The van der Waals surface area contributed by atoms with Crippen molar-refractivity contribution in [3.05, 3.63) is 42.2 Å². The monoisotopic (exact) mass is 198 g/mol. The Kier molecular flexibility index (Phi) is 2.43. The van der Waals surface area contributed by atoms with Gasteiger partial charge in [-0.1, -0.05) is 37.8 Å². The lowest BCUT2D eigenvalue weighted by atomic mass is 9.49. The van der Waals surface area contributed by atoms with Crippen molar-refractivity contribution >= 4 is 17.7 Å². The molecule has 0 amide bonds. The van der Waals surface area contributed by atoms with E-state index in [0.717, 1.165) is 11.5 Å². The lowest BCUT2D eigenvalue weighted by Crippen LogP contribution is -2.23. The summed E-state index contributed by atoms with van der Waals surface area (Å²) in [7, 11) is 0. The average molecular weight is 198 g/mol. The first-order chi connectivity index (χ1) is 7.08. The van der Waals surface area contributed by atoms with Crippen molar-refractivity contribution in [2.24, 2.45) is 0 Å². The Hall–Kier alpha value is -1.44. The van der Waals surface area contributed by atoms with Crippen molar-refractivity contribution in [3.63, 3.8) is 0 Å². The molecule has 0 saturated carbocycles. The van der Waals surface area contributed by atoms with E-state index >= 15 is 0 Å². The Bertz CT molecular complexity index is 444. The van der Waals surface area contributed by atoms with Crippen LogP contribution < -0.4 is 10.2 Å². The second-order valence-corrected chi connectivity index (χ2v) is 4.31. The van der Waals surface area contributed by atoms with E-state index in [4.69, 9.17) is 4.74 Å². The molecule has 1 heterocycles. The molecular formula is C13H15BO. The van der Waals surface area contributed by atoms with Crippen molar-refractivity contribution in [1.82, 2.24) is 0 Å². The van der Waals surface area contributed by atoms with Crippen LogP contribution in [0.3, 0.4) is 0 Å². The van der Waals surface area contributed by atoms with Crippen molar-refractivity contribution in [3.8, 4) is 5.75 Å². The topological polar surface area (TPSA) is 9.23 Å². The number of ether oxygens (including phenoxy) is 1. The maximum absolute atomic E-state index is 5.62. The van der Waals surface area contributed by atoms with Crippen LogP contribution in [0.25, 0.3) is 5.57 Å². The molecule has 1 aliphatic rings. The van der Waals surface area contributed by atoms with E-state index in [2.05, 4.69) is 45.3 Å². The van der Waals surface area contributed by atoms with Gasteiger partial charge in [-0.15, -0.1) is 0 Å². The highest BCUT2D eigenvalue weighted by Gasteiger charge is 2.14. The Morgan fingerprint density at radius 1 is 1.27 bits per heavy atom. The third-order valence-corrected chi connectivity index (χ3v) is 2.72. The second kappa shape index (κ2) is 3.61. The molecule has 0 radical (unpaired) electrons. The number of hydrogen-bond acceptors (Lipinski definition) is 1. The van der Waals surface area contributed by atoms with Gasteiger partial charge in [0.1, 0.15) is 11.5 Å². The average Bonchev–Trinajstić information content (AvgIpc) is 2.16. The van der Waals surface area contributed by atoms with E-state index in [0.29, 0.717) is 6.71 Å². The summed E-state index contributed by atoms with van der Waals surface area (Å²) in [5.41, 5.74) is 3.69. The maximum atomic E-state index is 5.62. The van der Waals surface area contributed by atoms with Crippen molar-refractivity contribution in [1.29, 1.82) is 0 Å². The fourth-order valence-electron chi connectivity index (χ4n) is 1.80. The lowest BCUT2D eigenvalue weighted by Gasteiger charge is -2.19. The minimum atomic E-state index is 0.526. The van der Waals surface area contributed by atoms with E-state index < -0.39 is 0 Å². The van der Waals surface area contributed by atoms with Crippen LogP contribution in [0.15, 0.2) is 36.6 Å². The summed E-state index contributed by atoms with van der Waals surface area (Å²) in [6.45, 7) is 10.8. The van der Waals surface area contributed by atoms with Gasteiger partial charge in [0.05, 0.1) is 0 Å². The molecule has 0 aliphatic carbocycles. The standard InChI is InChI=1S/C13H15BO/c1-9-7-10(2)15-13-8-11(14(3)4)5-6-12(9)13/h5-8H,2H2,1,3-4H3. The van der Waals surface area contributed by atoms with Gasteiger partial charge in [0.15, 0.2) is 6.71 Å². The Morgan fingerprint density at radius 2 is 2.00 bits per heavy atom. The Morgan fingerprint density at radius 3 is 2.67 bits per heavy atom. The molecule has 1 aromatic carbocycles. The zero-order chi connectivity index (χ0) is 11.0. The van der Waals surface area contributed by atoms with Gasteiger partial charge in [0.25, 0.3) is 0 Å². The molecule has 1 aliphatic heterocycles. The molecule has 2 rings (SSSR count). The van der Waals surface area contributed by atoms with Crippen LogP contribution in [-0.2, 0) is 0 Å². The molecule has 0 atom stereocenters. The fourth-order valence-corrected chi connectivity index (χ4v) is 1.80. The first-order valence-electron chi connectivity index (χ1n) is 5.27. The zero-order valence-corrected chi connectivity index (χ0v) is 9.50. The SMILES string of the molecule is C=C1C=C(C)c2ccc(B(C)C)cc2O1. The molecule has 0 bridgehead atoms. The Balaban J connectivity index is 2.51. The summed E-state index contributed by atoms with van der Waals surface area (Å²) in [6.07, 6.45) is 1.97. The number of benzene rings is 1. The Labute approximate surface area is 91.5 Å². The van der Waals surface area contributed by atoms with Crippen LogP contribution in [-0.4, -0.2) is 6.71 Å². The molecule has 15 heavy (non-hydrogen) atoms. The second-order valence-electron chi connectivity index (χ2n) is 4.31. The van der Waals surface area contributed by atoms with E-state index in [1.165, 1.54) is 16.6 Å². The van der Waals surface area contributed by atoms with Crippen molar-refractivity contribution in [2.75, 3.05) is 0 Å². The van der Waals surface area contributed by atoms with Gasteiger partial charge in [0, 0.05) is 5.56 Å². The maximum Gasteiger partial charge on any atom is 0.169 e. The molecule has 0 unspecified atom stereocenters. The van der Waals surface area contributed by atoms with Gasteiger partial charge >= 0.3 is 0 Å². The smallest absolute Gasteiger partial charge is 0.169 e. The van der Waals surface area contributed by atoms with Crippen LogP contribution in [0.2, 0.25) is 13.6 Å². The molecule has 1 nitrogen and oxygen atoms in total. The first-order valence-corrected chi connectivity index (χ1v) is 5.27. The minimum Gasteiger partial charge on any atom is -0.457 e. The minimum absolute atomic E-state index is 0.526. The number of hydrogen-bond donors (Lipinski definition) is 0. The summed E-state index contributed by atoms with van der Waals surface area (Å²) in [4.78, 5) is 0. The molecular weight excluding hydrogens is 183 g/mol. The van der Waals surface area contributed by atoms with Crippen molar-refractivity contribution < 1.29 is 4.74 Å². The highest BCUT2D eigenvalue weighted by atomic mass is 16.5. The number of rotatable bonds is 1. The van der Waals surface area contributed by atoms with Gasteiger partial charge < -0.3 is 4.74 Å². The third kappa shape index (κ3) is 1.85. The third-order valence-electron chi connectivity index (χ3n) is 2.72. The normalized spacial score (nSPS) is 14.1. The van der Waals surface area contributed by atoms with Crippen LogP contribution in [0.1, 0.15) is 12.5 Å². The van der Waals surface area contributed by atoms with Crippen LogP contribution in [0.4, 0.5) is 0 Å². The summed E-state index contributed by atoms with van der Waals surface area (Å²) in [5, 5.41) is 0. The summed E-state index contributed by atoms with van der Waals surface area (Å²) in [6, 6.07) is 6.41. The molecule has 2 heteroatoms. The van der Waals surface area contributed by atoms with Crippen LogP contribution in [0.5, 0.6) is 5.75 Å². The number of allylic oxidation sites excluding steroid dienone is 2. The predicted octanol–water partition coefficient (Wildman–Crippen LogP) is 2.96. The molecule has 0 saturated heterocycles. The fraction of sp³-hybridized carbons (Fsp3) is 0.231. The summed E-state index contributed by atoms with van der Waals surface area (Å²) < 4.78 is 5.62. The summed E-state index contributed by atoms with van der Waals surface area (Å²) in [5.74, 6) is 1.66. The van der Waals surface area contributed by atoms with Crippen LogP contribution in [0, 0.1) is 0 Å². The van der Waals surface area contributed by atoms with E-state index in [1.54, 1.807) is 0 Å². The van der Waals surface area contributed by atoms with Gasteiger partial charge in [-0.05, 0) is 24.6 Å². The van der Waals surface area contributed by atoms with Gasteiger partial charge in [-0.25, -0.2) is 0 Å². The first kappa shape index (κ1) is 10.1. The van der Waals surface area contributed by atoms with Crippen LogP contribution >= 0.6 is 0 Å². The highest BCUT2D eigenvalue weighted by Crippen LogP contribution is 2.31. The molecule has 0 aromatic heterocycles. The van der Waals surface area contributed by atoms with Crippen molar-refractivity contribution in [2.45, 2.75) is 20.6 Å². The molecule has 0 N–H and O–H groups in total. The van der Waals surface area contributed by atoms with E-state index in [-0.39, 0.29) is 0 Å². The largest absolute Gasteiger partial charge is 0.457 e.